The second kappa shape index (κ2) is 8.83. The molecule has 1 aromatic heterocycles. The van der Waals surface area contributed by atoms with E-state index in [1.807, 2.05) is 43.3 Å². The van der Waals surface area contributed by atoms with Crippen LogP contribution in [0.5, 0.6) is 0 Å². The van der Waals surface area contributed by atoms with Crippen LogP contribution in [0, 0.1) is 0 Å². The Bertz CT molecular complexity index is 658. The van der Waals surface area contributed by atoms with Gasteiger partial charge in [0.05, 0.1) is 0 Å². The van der Waals surface area contributed by atoms with E-state index in [2.05, 4.69) is 20.6 Å². The number of amides is 1. The average molecular weight is 329 g/mol. The molecule has 24 heavy (non-hydrogen) atoms. The smallest absolute Gasteiger partial charge is 0.270 e. The highest BCUT2D eigenvalue weighted by atomic mass is 16.5. The van der Waals surface area contributed by atoms with Crippen molar-refractivity contribution in [1.29, 1.82) is 0 Å². The Morgan fingerprint density at radius 1 is 1.21 bits per heavy atom. The molecule has 128 valence electrons. The lowest BCUT2D eigenvalue weighted by atomic mass is 10.2. The Kier molecular flexibility index (Phi) is 6.51. The molecule has 0 bridgehead atoms. The molecule has 0 unspecified atom stereocenters. The van der Waals surface area contributed by atoms with Gasteiger partial charge in [-0.1, -0.05) is 0 Å². The summed E-state index contributed by atoms with van der Waals surface area (Å²) < 4.78 is 4.95. The Labute approximate surface area is 142 Å². The predicted octanol–water partition coefficient (Wildman–Crippen LogP) is 2.05. The van der Waals surface area contributed by atoms with Crippen LogP contribution in [0.3, 0.4) is 0 Å². The fourth-order valence-corrected chi connectivity index (χ4v) is 2.05. The summed E-state index contributed by atoms with van der Waals surface area (Å²) in [4.78, 5) is 22.3. The number of aromatic nitrogens is 2. The van der Waals surface area contributed by atoms with Gasteiger partial charge in [-0.15, -0.1) is 0 Å². The molecule has 7 heteroatoms. The third-order valence-electron chi connectivity index (χ3n) is 3.37. The molecule has 0 saturated carbocycles. The topological polar surface area (TPSA) is 79.4 Å². The Morgan fingerprint density at radius 3 is 2.62 bits per heavy atom. The van der Waals surface area contributed by atoms with Crippen molar-refractivity contribution in [2.75, 3.05) is 44.6 Å². The van der Waals surface area contributed by atoms with Crippen LogP contribution in [0.4, 0.5) is 17.2 Å². The Balaban J connectivity index is 1.98. The lowest BCUT2D eigenvalue weighted by Crippen LogP contribution is -2.26. The van der Waals surface area contributed by atoms with Crippen molar-refractivity contribution in [3.8, 4) is 0 Å². The van der Waals surface area contributed by atoms with Crippen LogP contribution in [-0.4, -0.2) is 50.2 Å². The summed E-state index contributed by atoms with van der Waals surface area (Å²) in [6.07, 6.45) is 2.14. The first kappa shape index (κ1) is 17.7. The van der Waals surface area contributed by atoms with Gasteiger partial charge in [-0.3, -0.25) is 4.79 Å². The monoisotopic (exact) mass is 329 g/mol. The number of carbonyl (C=O) groups is 1. The fourth-order valence-electron chi connectivity index (χ4n) is 2.05. The first-order chi connectivity index (χ1) is 11.6. The van der Waals surface area contributed by atoms with Crippen molar-refractivity contribution >= 4 is 23.1 Å². The standard InChI is InChI=1S/C17H23N5O2/c1-22(2)14-7-5-13(6-8-14)21-16-11-15(19-12-20-16)17(23)18-9-4-10-24-3/h5-8,11-12H,4,9-10H2,1-3H3,(H,18,23)(H,19,20,21). The molecule has 1 amide bonds. The van der Waals surface area contributed by atoms with Gasteiger partial charge >= 0.3 is 0 Å². The molecule has 0 radical (unpaired) electrons. The largest absolute Gasteiger partial charge is 0.385 e. The molecular formula is C17H23N5O2. The summed E-state index contributed by atoms with van der Waals surface area (Å²) in [6.45, 7) is 1.16. The second-order valence-corrected chi connectivity index (χ2v) is 5.46. The average Bonchev–Trinajstić information content (AvgIpc) is 2.59. The van der Waals surface area contributed by atoms with Gasteiger partial charge in [-0.2, -0.15) is 0 Å². The highest BCUT2D eigenvalue weighted by Crippen LogP contribution is 2.19. The molecule has 0 spiro atoms. The first-order valence-corrected chi connectivity index (χ1v) is 7.73. The second-order valence-electron chi connectivity index (χ2n) is 5.46. The summed E-state index contributed by atoms with van der Waals surface area (Å²) >= 11 is 0. The van der Waals surface area contributed by atoms with E-state index in [1.165, 1.54) is 6.33 Å². The van der Waals surface area contributed by atoms with Crippen molar-refractivity contribution in [2.24, 2.45) is 0 Å². The summed E-state index contributed by atoms with van der Waals surface area (Å²) in [5, 5.41) is 5.97. The molecule has 2 aromatic rings. The zero-order valence-corrected chi connectivity index (χ0v) is 14.2. The zero-order valence-electron chi connectivity index (χ0n) is 14.2. The van der Waals surface area contributed by atoms with Gasteiger partial charge in [0.1, 0.15) is 17.8 Å². The molecule has 2 N–H and O–H groups in total. The van der Waals surface area contributed by atoms with Crippen molar-refractivity contribution in [3.63, 3.8) is 0 Å². The van der Waals surface area contributed by atoms with Crippen LogP contribution in [0.25, 0.3) is 0 Å². The number of hydrogen-bond donors (Lipinski definition) is 2. The number of anilines is 3. The van der Waals surface area contributed by atoms with Crippen LogP contribution in [-0.2, 0) is 4.74 Å². The zero-order chi connectivity index (χ0) is 17.4. The summed E-state index contributed by atoms with van der Waals surface area (Å²) in [6, 6.07) is 9.56. The van der Waals surface area contributed by atoms with Crippen molar-refractivity contribution in [1.82, 2.24) is 15.3 Å². The van der Waals surface area contributed by atoms with Gasteiger partial charge in [0.15, 0.2) is 0 Å². The van der Waals surface area contributed by atoms with Crippen molar-refractivity contribution in [2.45, 2.75) is 6.42 Å². The number of carbonyl (C=O) groups excluding carboxylic acids is 1. The highest BCUT2D eigenvalue weighted by Gasteiger charge is 2.08. The van der Waals surface area contributed by atoms with E-state index in [1.54, 1.807) is 13.2 Å². The molecule has 0 aliphatic carbocycles. The normalized spacial score (nSPS) is 10.3. The lowest BCUT2D eigenvalue weighted by molar-refractivity contribution is 0.0943. The molecule has 0 aliphatic heterocycles. The van der Waals surface area contributed by atoms with Gasteiger partial charge in [0.2, 0.25) is 0 Å². The minimum absolute atomic E-state index is 0.223. The van der Waals surface area contributed by atoms with Crippen molar-refractivity contribution in [3.05, 3.63) is 42.4 Å². The highest BCUT2D eigenvalue weighted by molar-refractivity contribution is 5.92. The number of ether oxygens (including phenoxy) is 1. The van der Waals surface area contributed by atoms with E-state index < -0.39 is 0 Å². The van der Waals surface area contributed by atoms with Crippen LogP contribution >= 0.6 is 0 Å². The van der Waals surface area contributed by atoms with E-state index in [4.69, 9.17) is 4.74 Å². The third-order valence-corrected chi connectivity index (χ3v) is 3.37. The SMILES string of the molecule is COCCCNC(=O)c1cc(Nc2ccc(N(C)C)cc2)ncn1. The molecule has 0 fully saturated rings. The quantitative estimate of drug-likeness (QED) is 0.722. The van der Waals surface area contributed by atoms with Gasteiger partial charge in [0.25, 0.3) is 5.91 Å². The molecule has 7 nitrogen and oxygen atoms in total. The lowest BCUT2D eigenvalue weighted by Gasteiger charge is -2.13. The number of nitrogens with zero attached hydrogens (tertiary/aromatic N) is 3. The molecule has 0 atom stereocenters. The first-order valence-electron chi connectivity index (χ1n) is 7.73. The van der Waals surface area contributed by atoms with Crippen LogP contribution in [0.2, 0.25) is 0 Å². The minimum atomic E-state index is -0.223. The van der Waals surface area contributed by atoms with Crippen LogP contribution in [0.15, 0.2) is 36.7 Å². The number of rotatable bonds is 8. The maximum absolute atomic E-state index is 12.1. The molecule has 1 heterocycles. The summed E-state index contributed by atoms with van der Waals surface area (Å²) in [5.41, 5.74) is 2.33. The van der Waals surface area contributed by atoms with Gasteiger partial charge in [-0.25, -0.2) is 9.97 Å². The number of methoxy groups -OCH3 is 1. The maximum Gasteiger partial charge on any atom is 0.270 e. The van der Waals surface area contributed by atoms with Crippen LogP contribution < -0.4 is 15.5 Å². The van der Waals surface area contributed by atoms with Gasteiger partial charge in [-0.05, 0) is 30.7 Å². The molecule has 2 rings (SSSR count). The molecular weight excluding hydrogens is 306 g/mol. The van der Waals surface area contributed by atoms with Crippen molar-refractivity contribution < 1.29 is 9.53 Å². The molecule has 0 aliphatic rings. The molecule has 0 saturated heterocycles. The number of hydrogen-bond acceptors (Lipinski definition) is 6. The minimum Gasteiger partial charge on any atom is -0.385 e. The Morgan fingerprint density at radius 2 is 1.96 bits per heavy atom. The molecule has 1 aromatic carbocycles. The van der Waals surface area contributed by atoms with Crippen LogP contribution in [0.1, 0.15) is 16.9 Å². The predicted molar refractivity (Wildman–Crippen MR) is 94.9 cm³/mol. The van der Waals surface area contributed by atoms with E-state index in [9.17, 15) is 4.79 Å². The van der Waals surface area contributed by atoms with E-state index in [-0.39, 0.29) is 5.91 Å². The number of benzene rings is 1. The van der Waals surface area contributed by atoms with E-state index in [0.717, 1.165) is 17.8 Å². The van der Waals surface area contributed by atoms with Gasteiger partial charge in [0, 0.05) is 51.8 Å². The third kappa shape index (κ3) is 5.20. The summed E-state index contributed by atoms with van der Waals surface area (Å²) in [7, 11) is 5.62. The maximum atomic E-state index is 12.1. The Hall–Kier alpha value is -2.67. The van der Waals surface area contributed by atoms with Gasteiger partial charge < -0.3 is 20.3 Å². The van der Waals surface area contributed by atoms with E-state index in [0.29, 0.717) is 24.7 Å². The van der Waals surface area contributed by atoms with E-state index >= 15 is 0 Å². The number of nitrogens with one attached hydrogen (secondary N) is 2. The summed E-state index contributed by atoms with van der Waals surface area (Å²) in [5.74, 6) is 0.351. The fraction of sp³-hybridized carbons (Fsp3) is 0.353.